The van der Waals surface area contributed by atoms with Gasteiger partial charge in [-0.1, -0.05) is 51.5 Å². The standard InChI is InChI=1S/C15H26F6NOS/c1-13(2,22-24-15(19,20)21)12-23-11-9-7-5-3-4-6-8-10-14(16,17)18/h3-12H2,1-2H3/q-1. The number of alkyl halides is 6. The Morgan fingerprint density at radius 3 is 1.79 bits per heavy atom. The summed E-state index contributed by atoms with van der Waals surface area (Å²) < 4.78 is 80.8. The Kier molecular flexibility index (Phi) is 11.4. The highest BCUT2D eigenvalue weighted by Crippen LogP contribution is 2.39. The van der Waals surface area contributed by atoms with E-state index in [9.17, 15) is 26.3 Å². The predicted octanol–water partition coefficient (Wildman–Crippen LogP) is 7.01. The van der Waals surface area contributed by atoms with Crippen molar-refractivity contribution in [2.45, 2.75) is 82.4 Å². The quantitative estimate of drug-likeness (QED) is 0.194. The van der Waals surface area contributed by atoms with Crippen molar-refractivity contribution >= 4 is 11.9 Å². The topological polar surface area (TPSA) is 23.3 Å². The van der Waals surface area contributed by atoms with Crippen LogP contribution in [0.25, 0.3) is 4.72 Å². The van der Waals surface area contributed by atoms with Crippen LogP contribution in [-0.2, 0) is 4.74 Å². The second-order valence-corrected chi connectivity index (χ2v) is 7.16. The van der Waals surface area contributed by atoms with Crippen molar-refractivity contribution < 1.29 is 31.1 Å². The van der Waals surface area contributed by atoms with Crippen molar-refractivity contribution in [3.8, 4) is 0 Å². The van der Waals surface area contributed by atoms with Crippen molar-refractivity contribution in [1.82, 2.24) is 0 Å². The number of nitrogens with zero attached hydrogens (tertiary/aromatic N) is 1. The third-order valence-corrected chi connectivity index (χ3v) is 3.89. The smallest absolute Gasteiger partial charge is 0.423 e. The normalized spacial score (nSPS) is 13.5. The zero-order valence-corrected chi connectivity index (χ0v) is 14.9. The highest BCUT2D eigenvalue weighted by molar-refractivity contribution is 8.02. The molecule has 0 heterocycles. The first-order valence-electron chi connectivity index (χ1n) is 8.03. The largest absolute Gasteiger partial charge is 0.592 e. The number of unbranched alkanes of at least 4 members (excludes halogenated alkanes) is 6. The molecule has 0 aliphatic rings. The van der Waals surface area contributed by atoms with Gasteiger partial charge in [0.1, 0.15) is 0 Å². The lowest BCUT2D eigenvalue weighted by Gasteiger charge is -2.39. The number of ether oxygens (including phenoxy) is 1. The van der Waals surface area contributed by atoms with E-state index >= 15 is 0 Å². The summed E-state index contributed by atoms with van der Waals surface area (Å²) in [4.78, 5) is 0. The average Bonchev–Trinajstić information content (AvgIpc) is 2.41. The summed E-state index contributed by atoms with van der Waals surface area (Å²) in [6.45, 7) is 3.72. The molecule has 0 fully saturated rings. The molecule has 0 spiro atoms. The van der Waals surface area contributed by atoms with Gasteiger partial charge in [0.25, 0.3) is 0 Å². The van der Waals surface area contributed by atoms with Crippen LogP contribution in [0.1, 0.15) is 65.2 Å². The van der Waals surface area contributed by atoms with E-state index in [4.69, 9.17) is 4.74 Å². The Bertz CT molecular complexity index is 320. The molecular weight excluding hydrogens is 356 g/mol. The Morgan fingerprint density at radius 2 is 1.29 bits per heavy atom. The first-order chi connectivity index (χ1) is 10.9. The van der Waals surface area contributed by atoms with E-state index in [1.165, 1.54) is 0 Å². The molecule has 0 saturated heterocycles. The molecule has 9 heteroatoms. The molecule has 0 aliphatic heterocycles. The molecule has 0 radical (unpaired) electrons. The Labute approximate surface area is 144 Å². The molecule has 0 aromatic rings. The van der Waals surface area contributed by atoms with Crippen molar-refractivity contribution in [1.29, 1.82) is 0 Å². The van der Waals surface area contributed by atoms with Gasteiger partial charge in [-0.05, 0) is 12.8 Å². The fraction of sp³-hybridized carbons (Fsp3) is 1.00. The van der Waals surface area contributed by atoms with Crippen LogP contribution in [0.2, 0.25) is 0 Å². The van der Waals surface area contributed by atoms with Crippen molar-refractivity contribution in [3.63, 3.8) is 0 Å². The van der Waals surface area contributed by atoms with Crippen LogP contribution >= 0.6 is 11.9 Å². The van der Waals surface area contributed by atoms with Crippen LogP contribution in [0.4, 0.5) is 26.3 Å². The Hall–Kier alpha value is -0.150. The molecule has 2 nitrogen and oxygen atoms in total. The Morgan fingerprint density at radius 1 is 0.792 bits per heavy atom. The summed E-state index contributed by atoms with van der Waals surface area (Å²) in [6.07, 6.45) is 0.276. The van der Waals surface area contributed by atoms with Crippen LogP contribution in [0, 0.1) is 0 Å². The molecular formula is C15H26F6NOS-. The minimum Gasteiger partial charge on any atom is -0.592 e. The summed E-state index contributed by atoms with van der Waals surface area (Å²) in [5.41, 5.74) is -5.28. The molecule has 0 amide bonds. The van der Waals surface area contributed by atoms with Gasteiger partial charge in [0.05, 0.1) is 0 Å². The number of halogens is 6. The van der Waals surface area contributed by atoms with Crippen LogP contribution in [-0.4, -0.2) is 30.4 Å². The lowest BCUT2D eigenvalue weighted by atomic mass is 10.1. The first kappa shape index (κ1) is 23.9. The second-order valence-electron chi connectivity index (χ2n) is 6.33. The van der Waals surface area contributed by atoms with E-state index in [0.29, 0.717) is 13.0 Å². The molecule has 0 aliphatic carbocycles. The van der Waals surface area contributed by atoms with Crippen LogP contribution in [0.5, 0.6) is 0 Å². The molecule has 146 valence electrons. The van der Waals surface area contributed by atoms with Crippen molar-refractivity contribution in [3.05, 3.63) is 4.72 Å². The molecule has 0 rings (SSSR count). The zero-order valence-electron chi connectivity index (χ0n) is 14.1. The minimum absolute atomic E-state index is 0.119. The van der Waals surface area contributed by atoms with E-state index in [0.717, 1.165) is 32.1 Å². The lowest BCUT2D eigenvalue weighted by Crippen LogP contribution is -2.25. The van der Waals surface area contributed by atoms with Gasteiger partial charge in [-0.2, -0.15) is 38.3 Å². The molecule has 0 N–H and O–H groups in total. The monoisotopic (exact) mass is 382 g/mol. The summed E-state index contributed by atoms with van der Waals surface area (Å²) >= 11 is -0.402. The predicted molar refractivity (Wildman–Crippen MR) is 84.9 cm³/mol. The third kappa shape index (κ3) is 18.2. The van der Waals surface area contributed by atoms with Gasteiger partial charge in [-0.25, -0.2) is 0 Å². The van der Waals surface area contributed by atoms with Gasteiger partial charge >= 0.3 is 11.7 Å². The fourth-order valence-electron chi connectivity index (χ4n) is 1.94. The van der Waals surface area contributed by atoms with E-state index in [1.807, 2.05) is 0 Å². The molecule has 0 bridgehead atoms. The fourth-order valence-corrected chi connectivity index (χ4v) is 2.34. The van der Waals surface area contributed by atoms with E-state index in [1.54, 1.807) is 13.8 Å². The maximum atomic E-state index is 12.1. The zero-order chi connectivity index (χ0) is 18.7. The van der Waals surface area contributed by atoms with E-state index in [2.05, 4.69) is 4.72 Å². The molecule has 24 heavy (non-hydrogen) atoms. The third-order valence-electron chi connectivity index (χ3n) is 3.10. The van der Waals surface area contributed by atoms with Gasteiger partial charge in [0.15, 0.2) is 0 Å². The summed E-state index contributed by atoms with van der Waals surface area (Å²) in [5.74, 6) is 0. The summed E-state index contributed by atoms with van der Waals surface area (Å²) in [6, 6.07) is 0. The van der Waals surface area contributed by atoms with Crippen molar-refractivity contribution in [2.75, 3.05) is 13.2 Å². The van der Waals surface area contributed by atoms with Gasteiger partial charge in [0, 0.05) is 19.6 Å². The number of rotatable bonds is 13. The van der Waals surface area contributed by atoms with Gasteiger partial charge in [-0.15, -0.1) is 0 Å². The second kappa shape index (κ2) is 11.5. The molecule has 0 saturated carbocycles. The van der Waals surface area contributed by atoms with E-state index < -0.39 is 35.6 Å². The first-order valence-corrected chi connectivity index (χ1v) is 8.80. The molecule has 0 atom stereocenters. The van der Waals surface area contributed by atoms with Crippen molar-refractivity contribution in [2.24, 2.45) is 0 Å². The average molecular weight is 382 g/mol. The summed E-state index contributed by atoms with van der Waals surface area (Å²) in [5, 5.41) is 0. The minimum atomic E-state index is -4.38. The molecule has 0 aromatic heterocycles. The van der Waals surface area contributed by atoms with Crippen LogP contribution in [0.3, 0.4) is 0 Å². The van der Waals surface area contributed by atoms with Gasteiger partial charge in [0.2, 0.25) is 0 Å². The Balaban J connectivity index is 3.41. The van der Waals surface area contributed by atoms with Gasteiger partial charge in [-0.3, -0.25) is 0 Å². The number of hydrogen-bond acceptors (Lipinski definition) is 2. The lowest BCUT2D eigenvalue weighted by molar-refractivity contribution is -0.135. The molecule has 0 unspecified atom stereocenters. The van der Waals surface area contributed by atoms with Crippen LogP contribution < -0.4 is 0 Å². The maximum Gasteiger partial charge on any atom is 0.423 e. The van der Waals surface area contributed by atoms with Gasteiger partial charge < -0.3 is 9.46 Å². The van der Waals surface area contributed by atoms with Crippen LogP contribution in [0.15, 0.2) is 0 Å². The molecule has 0 aromatic carbocycles. The number of hydrogen-bond donors (Lipinski definition) is 0. The highest BCUT2D eigenvalue weighted by Gasteiger charge is 2.25. The maximum absolute atomic E-state index is 12.1. The van der Waals surface area contributed by atoms with E-state index in [-0.39, 0.29) is 13.0 Å². The highest BCUT2D eigenvalue weighted by atomic mass is 32.2. The summed E-state index contributed by atoms with van der Waals surface area (Å²) in [7, 11) is 0. The SMILES string of the molecule is CC(C)(COCCCCCCCCCC(F)(F)F)[N-]SC(F)(F)F.